The van der Waals surface area contributed by atoms with Crippen LogP contribution in [-0.2, 0) is 0 Å². The van der Waals surface area contributed by atoms with E-state index in [9.17, 15) is 0 Å². The molecule has 0 bridgehead atoms. The van der Waals surface area contributed by atoms with Crippen molar-refractivity contribution in [3.63, 3.8) is 0 Å². The zero-order valence-corrected chi connectivity index (χ0v) is 6.64. The zero-order chi connectivity index (χ0) is 8.23. The van der Waals surface area contributed by atoms with Crippen molar-refractivity contribution in [3.05, 3.63) is 36.2 Å². The maximum absolute atomic E-state index is 3.92. The first-order chi connectivity index (χ1) is 5.97. The van der Waals surface area contributed by atoms with E-state index in [2.05, 4.69) is 33.6 Å². The van der Waals surface area contributed by atoms with Crippen LogP contribution in [0.25, 0.3) is 5.57 Å². The van der Waals surface area contributed by atoms with Crippen molar-refractivity contribution < 1.29 is 0 Å². The predicted octanol–water partition coefficient (Wildman–Crippen LogP) is 1.60. The van der Waals surface area contributed by atoms with Crippen LogP contribution in [0.5, 0.6) is 0 Å². The molecular formula is C9H9N3. The molecule has 1 aromatic heterocycles. The van der Waals surface area contributed by atoms with E-state index in [-0.39, 0.29) is 0 Å². The summed E-state index contributed by atoms with van der Waals surface area (Å²) in [6.45, 7) is 0. The first-order valence-electron chi connectivity index (χ1n) is 3.98. The Morgan fingerprint density at radius 1 is 1.25 bits per heavy atom. The Morgan fingerprint density at radius 3 is 2.92 bits per heavy atom. The maximum atomic E-state index is 3.92. The Kier molecular flexibility index (Phi) is 1.94. The van der Waals surface area contributed by atoms with Crippen molar-refractivity contribution in [1.82, 2.24) is 15.4 Å². The Bertz CT molecular complexity index is 314. The van der Waals surface area contributed by atoms with Crippen molar-refractivity contribution in [1.29, 1.82) is 0 Å². The number of aromatic nitrogens is 3. The molecule has 0 spiro atoms. The molecule has 3 heteroatoms. The summed E-state index contributed by atoms with van der Waals surface area (Å²) in [4.78, 5) is 0. The first kappa shape index (κ1) is 7.16. The van der Waals surface area contributed by atoms with E-state index >= 15 is 0 Å². The molecule has 1 aromatic rings. The highest BCUT2D eigenvalue weighted by atomic mass is 15.3. The van der Waals surface area contributed by atoms with Gasteiger partial charge in [-0.15, -0.1) is 10.2 Å². The third-order valence-electron chi connectivity index (χ3n) is 1.79. The monoisotopic (exact) mass is 159 g/mol. The van der Waals surface area contributed by atoms with Gasteiger partial charge in [-0.2, -0.15) is 0 Å². The van der Waals surface area contributed by atoms with E-state index < -0.39 is 0 Å². The second-order valence-corrected chi connectivity index (χ2v) is 2.65. The van der Waals surface area contributed by atoms with Gasteiger partial charge in [0.2, 0.25) is 0 Å². The van der Waals surface area contributed by atoms with E-state index in [1.165, 1.54) is 0 Å². The summed E-state index contributed by atoms with van der Waals surface area (Å²) in [7, 11) is 0. The third-order valence-corrected chi connectivity index (χ3v) is 1.79. The van der Waals surface area contributed by atoms with Gasteiger partial charge in [-0.3, -0.25) is 0 Å². The molecule has 0 aliphatic heterocycles. The molecule has 1 aliphatic rings. The molecule has 0 saturated carbocycles. The van der Waals surface area contributed by atoms with E-state index in [0.29, 0.717) is 0 Å². The summed E-state index contributed by atoms with van der Waals surface area (Å²) in [6.07, 6.45) is 10.3. The molecule has 2 rings (SSSR count). The van der Waals surface area contributed by atoms with Gasteiger partial charge in [0, 0.05) is 0 Å². The van der Waals surface area contributed by atoms with Crippen molar-refractivity contribution in [3.8, 4) is 0 Å². The Balaban J connectivity index is 2.31. The van der Waals surface area contributed by atoms with Gasteiger partial charge < -0.3 is 0 Å². The number of allylic oxidation sites excluding steroid dienone is 4. The lowest BCUT2D eigenvalue weighted by Gasteiger charge is -2.03. The van der Waals surface area contributed by atoms with Crippen LogP contribution in [0.2, 0.25) is 0 Å². The van der Waals surface area contributed by atoms with E-state index in [1.807, 2.05) is 6.07 Å². The first-order valence-corrected chi connectivity index (χ1v) is 3.98. The Morgan fingerprint density at radius 2 is 2.25 bits per heavy atom. The standard InChI is InChI=1S/C9H9N3/c1-2-4-8(5-3-1)9-6-7-10-12-11-9/h2,4-7H,1,3H2. The fourth-order valence-electron chi connectivity index (χ4n) is 1.20. The molecule has 12 heavy (non-hydrogen) atoms. The van der Waals surface area contributed by atoms with Crippen LogP contribution in [0.15, 0.2) is 30.5 Å². The average Bonchev–Trinajstić information content (AvgIpc) is 2.21. The van der Waals surface area contributed by atoms with Gasteiger partial charge in [0.15, 0.2) is 0 Å². The fraction of sp³-hybridized carbons (Fsp3) is 0.222. The minimum absolute atomic E-state index is 0.904. The van der Waals surface area contributed by atoms with Crippen LogP contribution < -0.4 is 0 Å². The van der Waals surface area contributed by atoms with E-state index in [0.717, 1.165) is 24.1 Å². The molecule has 0 atom stereocenters. The van der Waals surface area contributed by atoms with Crippen molar-refractivity contribution >= 4 is 5.57 Å². The number of hydrogen-bond donors (Lipinski definition) is 0. The van der Waals surface area contributed by atoms with Gasteiger partial charge in [-0.25, -0.2) is 0 Å². The smallest absolute Gasteiger partial charge is 0.0959 e. The minimum atomic E-state index is 0.904. The van der Waals surface area contributed by atoms with E-state index in [4.69, 9.17) is 0 Å². The molecule has 1 heterocycles. The van der Waals surface area contributed by atoms with Crippen molar-refractivity contribution in [2.45, 2.75) is 12.8 Å². The second-order valence-electron chi connectivity index (χ2n) is 2.65. The average molecular weight is 159 g/mol. The summed E-state index contributed by atoms with van der Waals surface area (Å²) in [6, 6.07) is 1.87. The van der Waals surface area contributed by atoms with Gasteiger partial charge in [0.25, 0.3) is 0 Å². The zero-order valence-electron chi connectivity index (χ0n) is 6.64. The highest BCUT2D eigenvalue weighted by Gasteiger charge is 2.01. The van der Waals surface area contributed by atoms with Crippen LogP contribution >= 0.6 is 0 Å². The molecule has 0 amide bonds. The van der Waals surface area contributed by atoms with Crippen molar-refractivity contribution in [2.75, 3.05) is 0 Å². The van der Waals surface area contributed by atoms with Crippen molar-refractivity contribution in [2.24, 2.45) is 0 Å². The number of nitrogens with zero attached hydrogens (tertiary/aromatic N) is 3. The third kappa shape index (κ3) is 1.39. The highest BCUT2D eigenvalue weighted by Crippen LogP contribution is 2.17. The molecule has 0 radical (unpaired) electrons. The van der Waals surface area contributed by atoms with E-state index in [1.54, 1.807) is 6.20 Å². The largest absolute Gasteiger partial charge is 0.139 e. The normalized spacial score (nSPS) is 15.8. The molecule has 0 fully saturated rings. The molecule has 0 N–H and O–H groups in total. The molecule has 0 unspecified atom stereocenters. The van der Waals surface area contributed by atoms with Crippen LogP contribution in [-0.4, -0.2) is 15.4 Å². The lowest BCUT2D eigenvalue weighted by Crippen LogP contribution is -1.93. The van der Waals surface area contributed by atoms with Crippen LogP contribution in [0, 0.1) is 0 Å². The fourth-order valence-corrected chi connectivity index (χ4v) is 1.20. The van der Waals surface area contributed by atoms with Gasteiger partial charge in [0.1, 0.15) is 0 Å². The molecule has 0 aromatic carbocycles. The molecule has 60 valence electrons. The summed E-state index contributed by atoms with van der Waals surface area (Å²) in [5, 5.41) is 11.1. The maximum Gasteiger partial charge on any atom is 0.0959 e. The Hall–Kier alpha value is -1.51. The SMILES string of the molecule is C1=CC(c2ccnnn2)=CCC1. The van der Waals surface area contributed by atoms with Gasteiger partial charge in [-0.05, 0) is 29.7 Å². The Labute approximate surface area is 70.8 Å². The summed E-state index contributed by atoms with van der Waals surface area (Å²) >= 11 is 0. The summed E-state index contributed by atoms with van der Waals surface area (Å²) < 4.78 is 0. The molecular weight excluding hydrogens is 150 g/mol. The van der Waals surface area contributed by atoms with Gasteiger partial charge >= 0.3 is 0 Å². The van der Waals surface area contributed by atoms with Crippen LogP contribution in [0.1, 0.15) is 18.5 Å². The summed E-state index contributed by atoms with van der Waals surface area (Å²) in [5.74, 6) is 0. The number of rotatable bonds is 1. The van der Waals surface area contributed by atoms with Crippen LogP contribution in [0.3, 0.4) is 0 Å². The molecule has 1 aliphatic carbocycles. The highest BCUT2D eigenvalue weighted by molar-refractivity contribution is 5.71. The molecule has 3 nitrogen and oxygen atoms in total. The topological polar surface area (TPSA) is 38.7 Å². The number of hydrogen-bond acceptors (Lipinski definition) is 3. The van der Waals surface area contributed by atoms with Gasteiger partial charge in [0.05, 0.1) is 11.9 Å². The summed E-state index contributed by atoms with van der Waals surface area (Å²) in [5.41, 5.74) is 2.05. The predicted molar refractivity (Wildman–Crippen MR) is 46.2 cm³/mol. The second kappa shape index (κ2) is 3.26. The quantitative estimate of drug-likeness (QED) is 0.624. The van der Waals surface area contributed by atoms with Crippen LogP contribution in [0.4, 0.5) is 0 Å². The lowest BCUT2D eigenvalue weighted by atomic mass is 10.0. The molecule has 0 saturated heterocycles. The minimum Gasteiger partial charge on any atom is -0.139 e. The lowest BCUT2D eigenvalue weighted by molar-refractivity contribution is 0.853. The van der Waals surface area contributed by atoms with Gasteiger partial charge in [-0.1, -0.05) is 18.2 Å².